The van der Waals surface area contributed by atoms with Gasteiger partial charge in [-0.1, -0.05) is 49.3 Å². The first kappa shape index (κ1) is 34.9. The number of carbonyl (C=O) groups is 1. The molecule has 0 aliphatic carbocycles. The minimum absolute atomic E-state index is 0.0279. The number of nitrogens with zero attached hydrogens (tertiary/aromatic N) is 3. The Morgan fingerprint density at radius 3 is 2.55 bits per heavy atom. The highest BCUT2D eigenvalue weighted by atomic mass is 32.2. The second-order valence-corrected chi connectivity index (χ2v) is 15.1. The summed E-state index contributed by atoms with van der Waals surface area (Å²) < 4.78 is 62.5. The van der Waals surface area contributed by atoms with Gasteiger partial charge >= 0.3 is 6.09 Å². The number of sulfonamides is 1. The van der Waals surface area contributed by atoms with E-state index in [9.17, 15) is 18.3 Å². The zero-order valence-electron chi connectivity index (χ0n) is 28.2. The predicted molar refractivity (Wildman–Crippen MR) is 182 cm³/mol. The van der Waals surface area contributed by atoms with E-state index in [1.165, 1.54) is 16.4 Å². The van der Waals surface area contributed by atoms with E-state index in [-0.39, 0.29) is 67.6 Å². The first-order chi connectivity index (χ1) is 24.6. The molecule has 3 aliphatic heterocycles. The van der Waals surface area contributed by atoms with Crippen molar-refractivity contribution in [2.75, 3.05) is 33.1 Å². The van der Waals surface area contributed by atoms with Crippen molar-refractivity contribution >= 4 is 16.1 Å². The summed E-state index contributed by atoms with van der Waals surface area (Å²) in [5.74, 6) is 1.65. The van der Waals surface area contributed by atoms with Crippen molar-refractivity contribution in [2.24, 2.45) is 11.8 Å². The Balaban J connectivity index is 1.06. The molecule has 1 aromatic heterocycles. The van der Waals surface area contributed by atoms with Crippen LogP contribution in [0.2, 0.25) is 0 Å². The van der Waals surface area contributed by atoms with Gasteiger partial charge in [-0.3, -0.25) is 0 Å². The van der Waals surface area contributed by atoms with E-state index in [1.54, 1.807) is 30.3 Å². The molecule has 14 nitrogen and oxygen atoms in total. The van der Waals surface area contributed by atoms with Crippen LogP contribution in [0.25, 0.3) is 22.8 Å². The van der Waals surface area contributed by atoms with Gasteiger partial charge in [0.15, 0.2) is 17.8 Å². The number of nitrogens with one attached hydrogen (secondary N) is 1. The van der Waals surface area contributed by atoms with Crippen molar-refractivity contribution in [3.63, 3.8) is 0 Å². The molecule has 4 heterocycles. The molecule has 0 saturated carbocycles. The van der Waals surface area contributed by atoms with E-state index in [1.807, 2.05) is 44.2 Å². The van der Waals surface area contributed by atoms with Crippen LogP contribution in [-0.4, -0.2) is 91.7 Å². The number of aliphatic hydroxyl groups excluding tert-OH is 1. The van der Waals surface area contributed by atoms with Gasteiger partial charge in [-0.15, -0.1) is 0 Å². The van der Waals surface area contributed by atoms with E-state index in [4.69, 9.17) is 28.2 Å². The maximum absolute atomic E-state index is 14.1. The normalized spacial score (nSPS) is 20.8. The zero-order chi connectivity index (χ0) is 35.5. The molecule has 0 spiro atoms. The molecule has 1 amide bonds. The molecule has 3 unspecified atom stereocenters. The van der Waals surface area contributed by atoms with Crippen LogP contribution in [0.15, 0.2) is 82.2 Å². The molecule has 2 fully saturated rings. The molecule has 270 valence electrons. The quantitative estimate of drug-likeness (QED) is 0.202. The van der Waals surface area contributed by atoms with E-state index < -0.39 is 34.4 Å². The molecule has 5 atom stereocenters. The number of benzene rings is 3. The lowest BCUT2D eigenvalue weighted by molar-refractivity contribution is -0.0907. The molecular formula is C36H40N4O10S. The largest absolute Gasteiger partial charge is 0.454 e. The fraction of sp³-hybridized carbons (Fsp3) is 0.417. The highest BCUT2D eigenvalue weighted by Gasteiger charge is 2.44. The number of hydrogen-bond acceptors (Lipinski definition) is 12. The first-order valence-electron chi connectivity index (χ1n) is 16.9. The van der Waals surface area contributed by atoms with Gasteiger partial charge in [0.25, 0.3) is 5.89 Å². The van der Waals surface area contributed by atoms with Gasteiger partial charge in [0.05, 0.1) is 36.2 Å². The number of amides is 1. The van der Waals surface area contributed by atoms with Crippen molar-refractivity contribution in [1.29, 1.82) is 0 Å². The first-order valence-corrected chi connectivity index (χ1v) is 18.3. The summed E-state index contributed by atoms with van der Waals surface area (Å²) in [6.45, 7) is 4.56. The summed E-state index contributed by atoms with van der Waals surface area (Å²) in [4.78, 5) is 17.7. The Kier molecular flexibility index (Phi) is 10.2. The third-order valence-corrected chi connectivity index (χ3v) is 10.9. The number of hydrogen-bond donors (Lipinski definition) is 2. The van der Waals surface area contributed by atoms with Gasteiger partial charge in [-0.05, 0) is 66.8 Å². The second-order valence-electron chi connectivity index (χ2n) is 13.2. The average molecular weight is 721 g/mol. The third-order valence-electron chi connectivity index (χ3n) is 9.07. The number of carbonyl (C=O) groups excluding carboxylic acids is 1. The monoisotopic (exact) mass is 720 g/mol. The van der Waals surface area contributed by atoms with E-state index in [0.717, 1.165) is 12.0 Å². The molecular weight excluding hydrogens is 680 g/mol. The van der Waals surface area contributed by atoms with Crippen molar-refractivity contribution in [3.05, 3.63) is 78.4 Å². The zero-order valence-corrected chi connectivity index (χ0v) is 29.0. The van der Waals surface area contributed by atoms with Crippen molar-refractivity contribution in [3.8, 4) is 34.3 Å². The Morgan fingerprint density at radius 2 is 1.76 bits per heavy atom. The van der Waals surface area contributed by atoms with Crippen LogP contribution in [0.3, 0.4) is 0 Å². The van der Waals surface area contributed by atoms with Crippen molar-refractivity contribution < 1.29 is 46.5 Å². The summed E-state index contributed by atoms with van der Waals surface area (Å²) in [5.41, 5.74) is 2.05. The van der Waals surface area contributed by atoms with Crippen LogP contribution < -0.4 is 14.8 Å². The molecule has 3 aromatic carbocycles. The maximum Gasteiger partial charge on any atom is 0.407 e. The molecule has 0 radical (unpaired) electrons. The molecule has 7 rings (SSSR count). The van der Waals surface area contributed by atoms with Crippen LogP contribution in [0.1, 0.15) is 25.8 Å². The highest BCUT2D eigenvalue weighted by molar-refractivity contribution is 7.89. The minimum atomic E-state index is -4.09. The molecule has 0 bridgehead atoms. The van der Waals surface area contributed by atoms with E-state index in [2.05, 4.69) is 15.5 Å². The SMILES string of the molecule is CC(C)CN(C[C@@H](O)[C@H](Cc1ccccc1)NC(=O)OC1COC2OCCC12)S(=O)(=O)c1ccc(-c2noc(-c3ccc4c(c3)OCO4)n2)cc1. The van der Waals surface area contributed by atoms with Crippen LogP contribution in [0.5, 0.6) is 11.5 Å². The lowest BCUT2D eigenvalue weighted by Crippen LogP contribution is -2.51. The van der Waals surface area contributed by atoms with Gasteiger partial charge < -0.3 is 38.6 Å². The van der Waals surface area contributed by atoms with Crippen LogP contribution >= 0.6 is 0 Å². The van der Waals surface area contributed by atoms with Gasteiger partial charge in [-0.2, -0.15) is 9.29 Å². The summed E-state index contributed by atoms with van der Waals surface area (Å²) in [5, 5.41) is 18.5. The van der Waals surface area contributed by atoms with Gasteiger partial charge in [0, 0.05) is 24.2 Å². The van der Waals surface area contributed by atoms with E-state index >= 15 is 0 Å². The van der Waals surface area contributed by atoms with Crippen molar-refractivity contribution in [2.45, 2.75) is 56.1 Å². The van der Waals surface area contributed by atoms with Crippen molar-refractivity contribution in [1.82, 2.24) is 19.8 Å². The second kappa shape index (κ2) is 15.0. The van der Waals surface area contributed by atoms with Gasteiger partial charge in [0.1, 0.15) is 6.10 Å². The standard InChI is InChI=1S/C36H40N4O10S/c1-22(2)18-40(19-29(41)28(16-23-6-4-3-5-7-23)37-36(42)49-32-20-46-35-27(32)14-15-45-35)51(43,44)26-11-8-24(9-12-26)33-38-34(50-39-33)25-10-13-30-31(17-25)48-21-47-30/h3-13,17,22,27-29,32,35,41H,14-16,18-21H2,1-2H3,(H,37,42)/t27?,28-,29+,32?,35?/m0/s1. The van der Waals surface area contributed by atoms with Gasteiger partial charge in [-0.25, -0.2) is 13.2 Å². The lowest BCUT2D eigenvalue weighted by atomic mass is 10.0. The minimum Gasteiger partial charge on any atom is -0.454 e. The van der Waals surface area contributed by atoms with Crippen LogP contribution in [0, 0.1) is 11.8 Å². The lowest BCUT2D eigenvalue weighted by Gasteiger charge is -2.31. The number of rotatable bonds is 13. The number of aromatic nitrogens is 2. The Labute approximate surface area is 295 Å². The molecule has 2 N–H and O–H groups in total. The number of ether oxygens (including phenoxy) is 5. The van der Waals surface area contributed by atoms with Crippen LogP contribution in [0.4, 0.5) is 4.79 Å². The topological polar surface area (TPSA) is 172 Å². The molecule has 3 aliphatic rings. The average Bonchev–Trinajstić information content (AvgIpc) is 3.94. The number of aliphatic hydroxyl groups is 1. The summed E-state index contributed by atoms with van der Waals surface area (Å²) >= 11 is 0. The number of fused-ring (bicyclic) bond motifs is 2. The predicted octanol–water partition coefficient (Wildman–Crippen LogP) is 4.24. The summed E-state index contributed by atoms with van der Waals surface area (Å²) in [6.07, 6.45) is -1.89. The third kappa shape index (κ3) is 7.87. The number of alkyl carbamates (subject to hydrolysis) is 1. The molecule has 2 saturated heterocycles. The molecule has 15 heteroatoms. The highest BCUT2D eigenvalue weighted by Crippen LogP contribution is 2.36. The Morgan fingerprint density at radius 1 is 1.00 bits per heavy atom. The maximum atomic E-state index is 14.1. The Hall–Kier alpha value is -4.54. The molecule has 4 aromatic rings. The van der Waals surface area contributed by atoms with Gasteiger partial charge in [0.2, 0.25) is 22.6 Å². The smallest absolute Gasteiger partial charge is 0.407 e. The molecule has 51 heavy (non-hydrogen) atoms. The van der Waals surface area contributed by atoms with Crippen LogP contribution in [-0.2, 0) is 30.7 Å². The fourth-order valence-electron chi connectivity index (χ4n) is 6.45. The summed E-state index contributed by atoms with van der Waals surface area (Å²) in [7, 11) is -4.09. The summed E-state index contributed by atoms with van der Waals surface area (Å²) in [6, 6.07) is 19.9. The fourth-order valence-corrected chi connectivity index (χ4v) is 8.07. The van der Waals surface area contributed by atoms with E-state index in [0.29, 0.717) is 29.2 Å². The Bertz CT molecular complexity index is 1920.